The molecule has 0 unspecified atom stereocenters. The van der Waals surface area contributed by atoms with Gasteiger partial charge in [-0.2, -0.15) is 4.68 Å². The molecular weight excluding hydrogens is 677 g/mol. The van der Waals surface area contributed by atoms with Crippen LogP contribution in [0.2, 0.25) is 5.02 Å². The number of benzene rings is 3. The van der Waals surface area contributed by atoms with Crippen LogP contribution in [0.25, 0.3) is 5.69 Å². The number of allylic oxidation sites excluding steroid dienone is 1. The van der Waals surface area contributed by atoms with Crippen molar-refractivity contribution < 1.29 is 18.3 Å². The molecular formula is C31H30ClF2IN4O3. The largest absolute Gasteiger partial charge is 0.369 e. The van der Waals surface area contributed by atoms with Gasteiger partial charge in [-0.1, -0.05) is 66.6 Å². The second-order valence-electron chi connectivity index (χ2n) is 9.51. The van der Waals surface area contributed by atoms with Gasteiger partial charge < -0.3 is 9.64 Å². The Morgan fingerprint density at radius 1 is 1.07 bits per heavy atom. The van der Waals surface area contributed by atoms with Crippen molar-refractivity contribution in [2.45, 2.75) is 47.0 Å². The second-order valence-corrected chi connectivity index (χ2v) is 11.1. The highest BCUT2D eigenvalue weighted by Gasteiger charge is 2.26. The van der Waals surface area contributed by atoms with Gasteiger partial charge in [0.15, 0.2) is 5.82 Å². The summed E-state index contributed by atoms with van der Waals surface area (Å²) < 4.78 is 39.0. The predicted molar refractivity (Wildman–Crippen MR) is 168 cm³/mol. The van der Waals surface area contributed by atoms with Crippen LogP contribution in [-0.4, -0.2) is 26.8 Å². The molecule has 220 valence electrons. The minimum Gasteiger partial charge on any atom is -0.369 e. The predicted octanol–water partition coefficient (Wildman–Crippen LogP) is 7.31. The van der Waals surface area contributed by atoms with Gasteiger partial charge in [-0.25, -0.2) is 13.6 Å². The van der Waals surface area contributed by atoms with Gasteiger partial charge in [0.2, 0.25) is 0 Å². The first-order valence-corrected chi connectivity index (χ1v) is 14.8. The molecule has 0 bridgehead atoms. The third-order valence-corrected chi connectivity index (χ3v) is 7.92. The Hall–Kier alpha value is -3.35. The highest BCUT2D eigenvalue weighted by Crippen LogP contribution is 2.32. The summed E-state index contributed by atoms with van der Waals surface area (Å²) >= 11 is 8.21. The van der Waals surface area contributed by atoms with E-state index in [1.54, 1.807) is 13.0 Å². The lowest BCUT2D eigenvalue weighted by atomic mass is 10.1. The molecule has 1 amide bonds. The normalized spacial score (nSPS) is 11.6. The topological polar surface area (TPSA) is 69.4 Å². The first kappa shape index (κ1) is 31.6. The molecule has 1 heterocycles. The molecule has 3 aromatic carbocycles. The van der Waals surface area contributed by atoms with Gasteiger partial charge in [0, 0.05) is 16.7 Å². The number of carbonyl (C=O) groups excluding carboxylic acids is 1. The van der Waals surface area contributed by atoms with Crippen LogP contribution >= 0.6 is 34.2 Å². The van der Waals surface area contributed by atoms with Crippen LogP contribution in [0.3, 0.4) is 0 Å². The number of nitrogens with zero attached hydrogens (tertiary/aromatic N) is 4. The van der Waals surface area contributed by atoms with E-state index in [4.69, 9.17) is 16.3 Å². The van der Waals surface area contributed by atoms with Crippen molar-refractivity contribution in [3.8, 4) is 5.69 Å². The van der Waals surface area contributed by atoms with Gasteiger partial charge >= 0.3 is 5.69 Å². The molecule has 0 aliphatic carbocycles. The van der Waals surface area contributed by atoms with Crippen molar-refractivity contribution in [2.75, 3.05) is 11.4 Å². The fourth-order valence-electron chi connectivity index (χ4n) is 4.27. The first-order valence-electron chi connectivity index (χ1n) is 13.4. The van der Waals surface area contributed by atoms with Crippen molar-refractivity contribution in [1.29, 1.82) is 0 Å². The molecule has 0 atom stereocenters. The number of carbonyl (C=O) groups is 1. The fraction of sp³-hybridized carbons (Fsp3) is 0.258. The molecule has 4 aromatic rings. The van der Waals surface area contributed by atoms with E-state index >= 15 is 4.39 Å². The minimum atomic E-state index is -0.835. The summed E-state index contributed by atoms with van der Waals surface area (Å²) in [6.45, 7) is 6.36. The van der Waals surface area contributed by atoms with Crippen molar-refractivity contribution in [1.82, 2.24) is 14.3 Å². The zero-order valence-corrected chi connectivity index (χ0v) is 26.3. The standard InChI is InChI=1S/C31H30ClF2IN4O3/c1-4-20(3)14-15-38(29-23(32)12-9-13-24(29)33)30(40)22-16-25(34)27(17-26(22)35)39-31(41)37(5-2)28(36-39)19-42-18-21-10-7-6-8-11-21/h6-14,16-17H,4-5,15,18-19H2,1-3H3/b20-14+. The van der Waals surface area contributed by atoms with Gasteiger partial charge in [-0.05, 0) is 72.7 Å². The summed E-state index contributed by atoms with van der Waals surface area (Å²) in [7, 11) is 0. The van der Waals surface area contributed by atoms with Crippen molar-refractivity contribution >= 4 is 45.8 Å². The Morgan fingerprint density at radius 3 is 2.48 bits per heavy atom. The zero-order valence-electron chi connectivity index (χ0n) is 23.4. The van der Waals surface area contributed by atoms with Gasteiger partial charge in [0.05, 0.1) is 22.9 Å². The lowest BCUT2D eigenvalue weighted by molar-refractivity contribution is 0.0987. The van der Waals surface area contributed by atoms with Crippen LogP contribution in [0.5, 0.6) is 0 Å². The molecule has 42 heavy (non-hydrogen) atoms. The van der Waals surface area contributed by atoms with Crippen molar-refractivity contribution in [2.24, 2.45) is 0 Å². The molecule has 0 aliphatic heterocycles. The molecule has 4 rings (SSSR count). The maximum Gasteiger partial charge on any atom is 0.350 e. The molecule has 11 heteroatoms. The van der Waals surface area contributed by atoms with Crippen LogP contribution < -0.4 is 10.6 Å². The number of halogens is 4. The molecule has 0 spiro atoms. The van der Waals surface area contributed by atoms with Crippen molar-refractivity contribution in [3.05, 3.63) is 120 Å². The fourth-order valence-corrected chi connectivity index (χ4v) is 5.22. The Morgan fingerprint density at radius 2 is 1.81 bits per heavy atom. The molecule has 0 fully saturated rings. The van der Waals surface area contributed by atoms with Crippen LogP contribution in [0.4, 0.5) is 14.5 Å². The Labute approximate surface area is 261 Å². The van der Waals surface area contributed by atoms with E-state index in [0.717, 1.165) is 28.3 Å². The number of aromatic nitrogens is 3. The quantitative estimate of drug-likeness (QED) is 0.121. The van der Waals surface area contributed by atoms with E-state index in [-0.39, 0.29) is 35.1 Å². The van der Waals surface area contributed by atoms with E-state index in [2.05, 4.69) is 5.10 Å². The third-order valence-electron chi connectivity index (χ3n) is 6.73. The van der Waals surface area contributed by atoms with E-state index < -0.39 is 23.2 Å². The number of rotatable bonds is 11. The molecule has 0 saturated carbocycles. The monoisotopic (exact) mass is 706 g/mol. The third kappa shape index (κ3) is 6.99. The average Bonchev–Trinajstić information content (AvgIpc) is 3.29. The minimum absolute atomic E-state index is 0.00638. The summed E-state index contributed by atoms with van der Waals surface area (Å²) in [5.74, 6) is -1.81. The molecule has 0 saturated heterocycles. The zero-order chi connectivity index (χ0) is 30.4. The van der Waals surface area contributed by atoms with Crippen LogP contribution in [-0.2, 0) is 24.5 Å². The number of para-hydroxylation sites is 1. The average molecular weight is 707 g/mol. The highest BCUT2D eigenvalue weighted by molar-refractivity contribution is 14.1. The number of hydrogen-bond donors (Lipinski definition) is 0. The molecule has 0 radical (unpaired) electrons. The maximum absolute atomic E-state index is 15.6. The van der Waals surface area contributed by atoms with E-state index in [9.17, 15) is 14.0 Å². The summed E-state index contributed by atoms with van der Waals surface area (Å²) in [5.41, 5.74) is 1.20. The first-order chi connectivity index (χ1) is 20.2. The van der Waals surface area contributed by atoms with Crippen LogP contribution in [0, 0.1) is 15.2 Å². The summed E-state index contributed by atoms with van der Waals surface area (Å²) in [6, 6.07) is 16.1. The molecule has 0 N–H and O–H groups in total. The second kappa shape index (κ2) is 14.2. The van der Waals surface area contributed by atoms with Crippen LogP contribution in [0.1, 0.15) is 48.9 Å². The van der Waals surface area contributed by atoms with E-state index in [0.29, 0.717) is 22.5 Å². The lowest BCUT2D eigenvalue weighted by Crippen LogP contribution is -2.33. The highest BCUT2D eigenvalue weighted by atomic mass is 127. The van der Waals surface area contributed by atoms with E-state index in [1.165, 1.54) is 33.7 Å². The van der Waals surface area contributed by atoms with Crippen molar-refractivity contribution in [3.63, 3.8) is 0 Å². The summed E-state index contributed by atoms with van der Waals surface area (Å²) in [6.07, 6.45) is 2.54. The maximum atomic E-state index is 15.6. The smallest absolute Gasteiger partial charge is 0.350 e. The lowest BCUT2D eigenvalue weighted by Gasteiger charge is -2.24. The Bertz CT molecular complexity index is 1650. The Balaban J connectivity index is 1.68. The molecule has 0 aliphatic rings. The number of ether oxygens (including phenoxy) is 1. The Kier molecular flexibility index (Phi) is 10.7. The molecule has 1 aromatic heterocycles. The number of amides is 1. The SMILES string of the molecule is CC/C(C)=C/CN(C(=O)c1cc(F)c(-n2nc(COCc3ccccc3)n(CC)c2=O)cc1I)c1c(F)cccc1Cl. The number of anilines is 1. The number of hydrogen-bond acceptors (Lipinski definition) is 4. The summed E-state index contributed by atoms with van der Waals surface area (Å²) in [5, 5.41) is 4.40. The van der Waals surface area contributed by atoms with Gasteiger partial charge in [-0.15, -0.1) is 5.10 Å². The van der Waals surface area contributed by atoms with Gasteiger partial charge in [0.25, 0.3) is 5.91 Å². The van der Waals surface area contributed by atoms with Gasteiger partial charge in [-0.3, -0.25) is 9.36 Å². The summed E-state index contributed by atoms with van der Waals surface area (Å²) in [4.78, 5) is 28.1. The van der Waals surface area contributed by atoms with Gasteiger partial charge in [0.1, 0.15) is 23.9 Å². The molecule has 7 nitrogen and oxygen atoms in total. The van der Waals surface area contributed by atoms with E-state index in [1.807, 2.05) is 66.8 Å². The van der Waals surface area contributed by atoms with Crippen LogP contribution in [0.15, 0.2) is 77.1 Å².